The molecule has 8 heteroatoms. The topological polar surface area (TPSA) is 58.7 Å². The smallest absolute Gasteiger partial charge is 0.267 e. The predicted molar refractivity (Wildman–Crippen MR) is 112 cm³/mol. The molecule has 3 aromatic heterocycles. The van der Waals surface area contributed by atoms with Crippen molar-refractivity contribution in [1.82, 2.24) is 29.0 Å². The van der Waals surface area contributed by atoms with E-state index >= 15 is 0 Å². The first kappa shape index (κ1) is 19.4. The molecule has 0 N–H and O–H groups in total. The van der Waals surface area contributed by atoms with Gasteiger partial charge in [-0.2, -0.15) is 5.10 Å². The highest BCUT2D eigenvalue weighted by Gasteiger charge is 2.19. The minimum Gasteiger partial charge on any atom is -0.304 e. The number of rotatable bonds is 5. The van der Waals surface area contributed by atoms with Crippen molar-refractivity contribution < 1.29 is 4.39 Å². The van der Waals surface area contributed by atoms with E-state index in [2.05, 4.69) is 19.9 Å². The Morgan fingerprint density at radius 2 is 1.77 bits per heavy atom. The van der Waals surface area contributed by atoms with Crippen molar-refractivity contribution in [1.29, 1.82) is 0 Å². The van der Waals surface area contributed by atoms with Crippen LogP contribution < -0.4 is 5.56 Å². The van der Waals surface area contributed by atoms with Crippen molar-refractivity contribution in [2.75, 3.05) is 32.7 Å². The monoisotopic (exact) mass is 410 g/mol. The molecule has 0 radical (unpaired) electrons. The molecule has 4 heterocycles. The zero-order valence-corrected chi connectivity index (χ0v) is 17.1. The van der Waals surface area contributed by atoms with Crippen LogP contribution in [0.15, 0.2) is 35.4 Å². The van der Waals surface area contributed by atoms with Crippen molar-refractivity contribution >= 4 is 5.65 Å². The molecule has 0 bridgehead atoms. The molecular formula is C22H27FN6O. The van der Waals surface area contributed by atoms with E-state index < -0.39 is 0 Å². The van der Waals surface area contributed by atoms with Gasteiger partial charge in [0.25, 0.3) is 5.56 Å². The maximum atomic E-state index is 13.4. The summed E-state index contributed by atoms with van der Waals surface area (Å²) in [6, 6.07) is 4.93. The molecule has 3 aromatic rings. The quantitative estimate of drug-likeness (QED) is 0.641. The summed E-state index contributed by atoms with van der Waals surface area (Å²) in [5.74, 6) is -0.257. The number of nitrogens with zero attached hydrogens (tertiary/aromatic N) is 6. The summed E-state index contributed by atoms with van der Waals surface area (Å²) in [5.41, 5.74) is 4.01. The van der Waals surface area contributed by atoms with Crippen LogP contribution in [0.5, 0.6) is 0 Å². The molecule has 7 nitrogen and oxygen atoms in total. The van der Waals surface area contributed by atoms with Crippen LogP contribution in [0.2, 0.25) is 0 Å². The second-order valence-electron chi connectivity index (χ2n) is 8.35. The van der Waals surface area contributed by atoms with Crippen LogP contribution in [0.25, 0.3) is 5.65 Å². The van der Waals surface area contributed by atoms with Gasteiger partial charge in [0.2, 0.25) is 0 Å². The van der Waals surface area contributed by atoms with Crippen molar-refractivity contribution in [3.63, 3.8) is 0 Å². The molecule has 0 unspecified atom stereocenters. The molecule has 0 spiro atoms. The highest BCUT2D eigenvalue weighted by molar-refractivity contribution is 5.39. The fraction of sp³-hybridized carbons (Fsp3) is 0.500. The average Bonchev–Trinajstić information content (AvgIpc) is 3.14. The van der Waals surface area contributed by atoms with E-state index in [0.29, 0.717) is 6.54 Å². The standard InChI is InChI=1S/C22H27FN6O/c23-18-5-6-21-24-19(16-28(21)14-18)15-27-9-7-26(8-10-27)11-12-29-22(30)13-17-3-1-2-4-20(17)25-29/h5-6,13-14,16H,1-4,7-12,15H2. The predicted octanol–water partition coefficient (Wildman–Crippen LogP) is 1.73. The van der Waals surface area contributed by atoms with Crippen LogP contribution in [-0.2, 0) is 25.9 Å². The lowest BCUT2D eigenvalue weighted by atomic mass is 9.97. The van der Waals surface area contributed by atoms with Crippen LogP contribution >= 0.6 is 0 Å². The fourth-order valence-electron chi connectivity index (χ4n) is 4.49. The van der Waals surface area contributed by atoms with Gasteiger partial charge in [0.15, 0.2) is 0 Å². The summed E-state index contributed by atoms with van der Waals surface area (Å²) in [6.07, 6.45) is 7.67. The first-order valence-corrected chi connectivity index (χ1v) is 10.8. The van der Waals surface area contributed by atoms with Gasteiger partial charge in [-0.3, -0.25) is 14.6 Å². The minimum atomic E-state index is -0.257. The fourth-order valence-corrected chi connectivity index (χ4v) is 4.49. The number of pyridine rings is 1. The Kier molecular flexibility index (Phi) is 5.35. The largest absolute Gasteiger partial charge is 0.304 e. The third-order valence-corrected chi connectivity index (χ3v) is 6.22. The molecule has 0 atom stereocenters. The second-order valence-corrected chi connectivity index (χ2v) is 8.35. The zero-order chi connectivity index (χ0) is 20.5. The Labute approximate surface area is 174 Å². The van der Waals surface area contributed by atoms with Gasteiger partial charge in [-0.05, 0) is 43.4 Å². The van der Waals surface area contributed by atoms with Crippen molar-refractivity contribution in [3.8, 4) is 0 Å². The SMILES string of the molecule is O=c1cc2c(nn1CCN1CCN(Cc3cn4cc(F)ccc4n3)CC1)CCCC2. The van der Waals surface area contributed by atoms with Gasteiger partial charge >= 0.3 is 0 Å². The Morgan fingerprint density at radius 1 is 0.967 bits per heavy atom. The molecule has 0 saturated carbocycles. The van der Waals surface area contributed by atoms with E-state index in [9.17, 15) is 9.18 Å². The molecule has 158 valence electrons. The molecule has 2 aliphatic rings. The summed E-state index contributed by atoms with van der Waals surface area (Å²) < 4.78 is 16.7. The van der Waals surface area contributed by atoms with Gasteiger partial charge in [-0.15, -0.1) is 0 Å². The number of aryl methyl sites for hydroxylation is 2. The Hall–Kier alpha value is -2.58. The summed E-state index contributed by atoms with van der Waals surface area (Å²) in [6.45, 7) is 6.08. The van der Waals surface area contributed by atoms with Crippen molar-refractivity contribution in [2.45, 2.75) is 38.8 Å². The van der Waals surface area contributed by atoms with Gasteiger partial charge < -0.3 is 4.40 Å². The first-order chi connectivity index (χ1) is 14.6. The second kappa shape index (κ2) is 8.28. The molecule has 0 amide bonds. The number of hydrogen-bond donors (Lipinski definition) is 0. The summed E-state index contributed by atoms with van der Waals surface area (Å²) >= 11 is 0. The van der Waals surface area contributed by atoms with Gasteiger partial charge in [-0.25, -0.2) is 14.1 Å². The first-order valence-electron chi connectivity index (χ1n) is 10.8. The average molecular weight is 410 g/mol. The maximum absolute atomic E-state index is 13.4. The zero-order valence-electron chi connectivity index (χ0n) is 17.1. The lowest BCUT2D eigenvalue weighted by Gasteiger charge is -2.34. The van der Waals surface area contributed by atoms with E-state index in [1.54, 1.807) is 21.2 Å². The number of hydrogen-bond acceptors (Lipinski definition) is 5. The molecule has 1 aliphatic carbocycles. The maximum Gasteiger partial charge on any atom is 0.267 e. The summed E-state index contributed by atoms with van der Waals surface area (Å²) in [7, 11) is 0. The molecule has 5 rings (SSSR count). The van der Waals surface area contributed by atoms with Gasteiger partial charge in [0, 0.05) is 57.7 Å². The highest BCUT2D eigenvalue weighted by atomic mass is 19.1. The van der Waals surface area contributed by atoms with Crippen LogP contribution in [0.3, 0.4) is 0 Å². The number of aromatic nitrogens is 4. The van der Waals surface area contributed by atoms with Crippen molar-refractivity contribution in [3.05, 3.63) is 63.7 Å². The molecule has 1 fully saturated rings. The highest BCUT2D eigenvalue weighted by Crippen LogP contribution is 2.17. The van der Waals surface area contributed by atoms with Crippen molar-refractivity contribution in [2.24, 2.45) is 0 Å². The third-order valence-electron chi connectivity index (χ3n) is 6.22. The van der Waals surface area contributed by atoms with E-state index in [0.717, 1.165) is 81.1 Å². The van der Waals surface area contributed by atoms with Gasteiger partial charge in [0.1, 0.15) is 11.5 Å². The third kappa shape index (κ3) is 4.15. The number of imidazole rings is 1. The summed E-state index contributed by atoms with van der Waals surface area (Å²) in [5, 5.41) is 4.62. The number of fused-ring (bicyclic) bond motifs is 2. The van der Waals surface area contributed by atoms with E-state index in [-0.39, 0.29) is 11.4 Å². The van der Waals surface area contributed by atoms with E-state index in [1.165, 1.54) is 18.7 Å². The molecule has 30 heavy (non-hydrogen) atoms. The number of piperazine rings is 1. The van der Waals surface area contributed by atoms with Crippen LogP contribution in [-0.4, -0.2) is 61.7 Å². The number of halogens is 1. The molecular weight excluding hydrogens is 383 g/mol. The lowest BCUT2D eigenvalue weighted by Crippen LogP contribution is -2.47. The molecule has 1 saturated heterocycles. The molecule has 0 aromatic carbocycles. The van der Waals surface area contributed by atoms with Gasteiger partial charge in [0.05, 0.1) is 17.9 Å². The lowest BCUT2D eigenvalue weighted by molar-refractivity contribution is 0.121. The van der Waals surface area contributed by atoms with E-state index in [4.69, 9.17) is 0 Å². The normalized spacial score (nSPS) is 18.0. The Bertz CT molecular complexity index is 1100. The Morgan fingerprint density at radius 3 is 2.63 bits per heavy atom. The van der Waals surface area contributed by atoms with Crippen LogP contribution in [0.4, 0.5) is 4.39 Å². The van der Waals surface area contributed by atoms with Gasteiger partial charge in [-0.1, -0.05) is 0 Å². The summed E-state index contributed by atoms with van der Waals surface area (Å²) in [4.78, 5) is 21.7. The minimum absolute atomic E-state index is 0.0255. The van der Waals surface area contributed by atoms with Crippen LogP contribution in [0.1, 0.15) is 29.8 Å². The van der Waals surface area contributed by atoms with E-state index in [1.807, 2.05) is 6.20 Å². The van der Waals surface area contributed by atoms with Crippen LogP contribution in [0, 0.1) is 5.82 Å². The molecule has 1 aliphatic heterocycles. The Balaban J connectivity index is 1.14.